The van der Waals surface area contributed by atoms with Crippen LogP contribution in [0, 0.1) is 0 Å². The Morgan fingerprint density at radius 2 is 1.50 bits per heavy atom. The first-order chi connectivity index (χ1) is 5.28. The second-order valence-electron chi connectivity index (χ2n) is 2.69. The molecule has 0 aliphatic rings. The molecule has 0 bridgehead atoms. The zero-order chi connectivity index (χ0) is 9.99. The third kappa shape index (κ3) is 3.05. The molecule has 0 saturated carbocycles. The fraction of sp³-hybridized carbons (Fsp3) is 1.00. The summed E-state index contributed by atoms with van der Waals surface area (Å²) in [5.41, 5.74) is -0.218. The zero-order valence-electron chi connectivity index (χ0n) is 7.53. The molecule has 0 aromatic carbocycles. The van der Waals surface area contributed by atoms with Crippen molar-refractivity contribution in [3.63, 3.8) is 0 Å². The summed E-state index contributed by atoms with van der Waals surface area (Å²) in [6.45, 7) is 3.67. The fourth-order valence-corrected chi connectivity index (χ4v) is 3.99. The monoisotopic (exact) mass is 250 g/mol. The highest BCUT2D eigenvalue weighted by Gasteiger charge is 2.47. The van der Waals surface area contributed by atoms with Crippen molar-refractivity contribution in [2.24, 2.45) is 0 Å². The quantitative estimate of drug-likeness (QED) is 0.567. The van der Waals surface area contributed by atoms with Gasteiger partial charge in [0.1, 0.15) is 0 Å². The molecule has 0 aliphatic heterocycles. The van der Waals surface area contributed by atoms with Crippen LogP contribution >= 0.6 is 34.8 Å². The fourth-order valence-electron chi connectivity index (χ4n) is 0.734. The highest BCUT2D eigenvalue weighted by molar-refractivity contribution is 6.77. The van der Waals surface area contributed by atoms with Crippen LogP contribution in [0.4, 0.5) is 0 Å². The molecular weight excluding hydrogens is 239 g/mol. The van der Waals surface area contributed by atoms with Gasteiger partial charge in [0.05, 0.1) is 0 Å². The second kappa shape index (κ2) is 4.49. The molecule has 0 fully saturated rings. The van der Waals surface area contributed by atoms with Gasteiger partial charge in [0.25, 0.3) is 0 Å². The first-order valence-corrected chi connectivity index (χ1v) is 6.97. The largest absolute Gasteiger partial charge is 0.397 e. The molecule has 0 aliphatic carbocycles. The van der Waals surface area contributed by atoms with Crippen LogP contribution in [-0.2, 0) is 8.85 Å². The Bertz CT molecular complexity index is 144. The molecule has 6 heteroatoms. The van der Waals surface area contributed by atoms with Gasteiger partial charge in [-0.2, -0.15) is 0 Å². The van der Waals surface area contributed by atoms with Crippen LogP contribution in [0.25, 0.3) is 0 Å². The van der Waals surface area contributed by atoms with E-state index in [1.807, 2.05) is 13.5 Å². The SMILES string of the molecule is CO[Si](C)(OC)C(C)C(Cl)(Cl)Cl. The van der Waals surface area contributed by atoms with Crippen LogP contribution in [0.2, 0.25) is 12.1 Å². The Balaban J connectivity index is 4.53. The zero-order valence-corrected chi connectivity index (χ0v) is 10.8. The van der Waals surface area contributed by atoms with Crippen LogP contribution in [-0.4, -0.2) is 26.6 Å². The molecule has 0 spiro atoms. The number of hydrogen-bond acceptors (Lipinski definition) is 2. The van der Waals surface area contributed by atoms with E-state index in [1.54, 1.807) is 14.2 Å². The molecule has 2 nitrogen and oxygen atoms in total. The molecule has 0 saturated heterocycles. The van der Waals surface area contributed by atoms with Gasteiger partial charge in [-0.25, -0.2) is 0 Å². The molecule has 0 radical (unpaired) electrons. The van der Waals surface area contributed by atoms with Crippen LogP contribution in [0.3, 0.4) is 0 Å². The van der Waals surface area contributed by atoms with Crippen LogP contribution < -0.4 is 0 Å². The molecular formula is C6H13Cl3O2Si. The van der Waals surface area contributed by atoms with Gasteiger partial charge in [0, 0.05) is 19.8 Å². The van der Waals surface area contributed by atoms with Crippen molar-refractivity contribution in [2.45, 2.75) is 22.8 Å². The summed E-state index contributed by atoms with van der Waals surface area (Å²) in [7, 11) is 0.812. The topological polar surface area (TPSA) is 18.5 Å². The third-order valence-electron chi connectivity index (χ3n) is 2.09. The van der Waals surface area contributed by atoms with Gasteiger partial charge < -0.3 is 8.85 Å². The van der Waals surface area contributed by atoms with Gasteiger partial charge in [0.2, 0.25) is 0 Å². The van der Waals surface area contributed by atoms with Crippen molar-refractivity contribution in [2.75, 3.05) is 14.2 Å². The molecule has 0 aromatic heterocycles. The minimum Gasteiger partial charge on any atom is -0.397 e. The van der Waals surface area contributed by atoms with E-state index in [0.29, 0.717) is 0 Å². The lowest BCUT2D eigenvalue weighted by molar-refractivity contribution is 0.238. The second-order valence-corrected chi connectivity index (χ2v) is 8.77. The summed E-state index contributed by atoms with van der Waals surface area (Å²) in [5.74, 6) is 0. The van der Waals surface area contributed by atoms with Crippen LogP contribution in [0.15, 0.2) is 0 Å². The summed E-state index contributed by atoms with van der Waals surface area (Å²) < 4.78 is 9.15. The average Bonchev–Trinajstić information content (AvgIpc) is 2.00. The molecule has 0 amide bonds. The summed E-state index contributed by atoms with van der Waals surface area (Å²) in [6.07, 6.45) is 0. The Labute approximate surface area is 89.3 Å². The van der Waals surface area contributed by atoms with E-state index >= 15 is 0 Å². The standard InChI is InChI=1S/C6H13Cl3O2Si/c1-5(6(7,8)9)12(4,10-2)11-3/h5H,1-4H3. The van der Waals surface area contributed by atoms with Crippen LogP contribution in [0.1, 0.15) is 6.92 Å². The van der Waals surface area contributed by atoms with Crippen molar-refractivity contribution in [1.82, 2.24) is 0 Å². The van der Waals surface area contributed by atoms with Gasteiger partial charge in [0.15, 0.2) is 3.79 Å². The van der Waals surface area contributed by atoms with E-state index < -0.39 is 12.4 Å². The third-order valence-corrected chi connectivity index (χ3v) is 7.25. The van der Waals surface area contributed by atoms with Gasteiger partial charge in [-0.3, -0.25) is 0 Å². The summed E-state index contributed by atoms with van der Waals surface area (Å²) >= 11 is 17.2. The molecule has 1 unspecified atom stereocenters. The van der Waals surface area contributed by atoms with E-state index in [0.717, 1.165) is 0 Å². The van der Waals surface area contributed by atoms with Gasteiger partial charge in [-0.15, -0.1) is 0 Å². The average molecular weight is 252 g/mol. The van der Waals surface area contributed by atoms with Crippen molar-refractivity contribution < 1.29 is 8.85 Å². The van der Waals surface area contributed by atoms with E-state index in [2.05, 4.69) is 0 Å². The van der Waals surface area contributed by atoms with Gasteiger partial charge >= 0.3 is 8.56 Å². The molecule has 0 rings (SSSR count). The smallest absolute Gasteiger partial charge is 0.341 e. The van der Waals surface area contributed by atoms with E-state index in [-0.39, 0.29) is 5.54 Å². The Kier molecular flexibility index (Phi) is 4.86. The highest BCUT2D eigenvalue weighted by atomic mass is 35.6. The molecule has 0 heterocycles. The van der Waals surface area contributed by atoms with Crippen molar-refractivity contribution in [3.05, 3.63) is 0 Å². The summed E-state index contributed by atoms with van der Waals surface area (Å²) in [5, 5.41) is 0. The molecule has 74 valence electrons. The maximum atomic E-state index is 5.73. The number of alkyl halides is 3. The van der Waals surface area contributed by atoms with E-state index in [1.165, 1.54) is 0 Å². The number of halogens is 3. The predicted octanol–water partition coefficient (Wildman–Crippen LogP) is 3.11. The van der Waals surface area contributed by atoms with E-state index in [4.69, 9.17) is 43.7 Å². The number of rotatable bonds is 3. The lowest BCUT2D eigenvalue weighted by Gasteiger charge is -2.33. The molecule has 1 atom stereocenters. The van der Waals surface area contributed by atoms with Crippen LogP contribution in [0.5, 0.6) is 0 Å². The van der Waals surface area contributed by atoms with Crippen molar-refractivity contribution in [3.8, 4) is 0 Å². The summed E-state index contributed by atoms with van der Waals surface area (Å²) in [6, 6.07) is 0. The maximum Gasteiger partial charge on any atom is 0.341 e. The van der Waals surface area contributed by atoms with Crippen molar-refractivity contribution in [1.29, 1.82) is 0 Å². The lowest BCUT2D eigenvalue weighted by atomic mass is 10.5. The maximum absolute atomic E-state index is 5.73. The van der Waals surface area contributed by atoms with E-state index in [9.17, 15) is 0 Å². The lowest BCUT2D eigenvalue weighted by Crippen LogP contribution is -2.45. The Morgan fingerprint density at radius 3 is 1.58 bits per heavy atom. The molecule has 0 N–H and O–H groups in total. The van der Waals surface area contributed by atoms with Gasteiger partial charge in [-0.05, 0) is 6.55 Å². The molecule has 0 aromatic rings. The normalized spacial score (nSPS) is 16.2. The molecule has 12 heavy (non-hydrogen) atoms. The highest BCUT2D eigenvalue weighted by Crippen LogP contribution is 2.44. The minimum absolute atomic E-state index is 0.218. The van der Waals surface area contributed by atoms with Crippen molar-refractivity contribution >= 4 is 43.4 Å². The Morgan fingerprint density at radius 1 is 1.17 bits per heavy atom. The number of hydrogen-bond donors (Lipinski definition) is 0. The van der Waals surface area contributed by atoms with Gasteiger partial charge in [-0.1, -0.05) is 41.7 Å². The summed E-state index contributed by atoms with van der Waals surface area (Å²) in [4.78, 5) is 0. The first kappa shape index (κ1) is 13.0. The minimum atomic E-state index is -2.33. The predicted molar refractivity (Wildman–Crippen MR) is 55.4 cm³/mol. The first-order valence-electron chi connectivity index (χ1n) is 3.45. The Hall–Kier alpha value is 1.01.